The molecule has 0 spiro atoms. The number of alkyl halides is 3. The molecule has 2 saturated heterocycles. The van der Waals surface area contributed by atoms with Crippen LogP contribution in [0.1, 0.15) is 18.4 Å². The highest BCUT2D eigenvalue weighted by atomic mass is 35.5. The highest BCUT2D eigenvalue weighted by Crippen LogP contribution is 2.41. The average Bonchev–Trinajstić information content (AvgIpc) is 3.09. The lowest BCUT2D eigenvalue weighted by atomic mass is 10.00. The number of piperidine rings is 1. The third-order valence-electron chi connectivity index (χ3n) is 9.10. The number of hydrogen-bond acceptors (Lipinski definition) is 12. The zero-order valence-corrected chi connectivity index (χ0v) is 29.9. The molecular formula is C33H38ClF3N10O3S. The van der Waals surface area contributed by atoms with Gasteiger partial charge in [-0.15, -0.1) is 13.2 Å². The molecule has 0 amide bonds. The lowest BCUT2D eigenvalue weighted by Gasteiger charge is -2.43. The molecule has 2 aromatic heterocycles. The van der Waals surface area contributed by atoms with Crippen LogP contribution < -0.4 is 24.6 Å². The normalized spacial score (nSPS) is 16.6. The number of rotatable bonds is 10. The van der Waals surface area contributed by atoms with Gasteiger partial charge in [-0.1, -0.05) is 24.3 Å². The number of likely N-dealkylation sites (N-methyl/N-ethyl adjacent to an activating group) is 1. The van der Waals surface area contributed by atoms with Crippen LogP contribution in [0.15, 0.2) is 49.4 Å². The van der Waals surface area contributed by atoms with Gasteiger partial charge in [-0.3, -0.25) is 19.2 Å². The standard InChI is InChI=1S/C33H38ClF3N10O3S/c1-5-21-18-26(28(50-33(35,36)37)19-27(21)47-12-8-22(9-13-47)46-16-14-44(2)15-17-46)42-32-40-20-23(34)31(43-32)41-25-7-6-24-29(39-11-10-38-24)30(25)45(3)51(4,48)49/h5-7,10-11,18-20,22H,1,8-9,12-17H2,2-4H3,(H2,40,41,42,43). The summed E-state index contributed by atoms with van der Waals surface area (Å²) in [5.41, 5.74) is 2.34. The monoisotopic (exact) mass is 746 g/mol. The molecule has 18 heteroatoms. The fourth-order valence-corrected chi connectivity index (χ4v) is 7.01. The minimum Gasteiger partial charge on any atom is -0.403 e. The van der Waals surface area contributed by atoms with Crippen molar-refractivity contribution in [2.24, 2.45) is 0 Å². The summed E-state index contributed by atoms with van der Waals surface area (Å²) in [5.74, 6) is -0.534. The number of nitrogens with one attached hydrogen (secondary N) is 2. The van der Waals surface area contributed by atoms with Crippen molar-refractivity contribution in [3.63, 3.8) is 0 Å². The number of fused-ring (bicyclic) bond motifs is 1. The van der Waals surface area contributed by atoms with E-state index in [2.05, 4.69) is 63.6 Å². The number of hydrogen-bond donors (Lipinski definition) is 2. The smallest absolute Gasteiger partial charge is 0.403 e. The zero-order valence-electron chi connectivity index (χ0n) is 28.3. The first-order valence-corrected chi connectivity index (χ1v) is 18.4. The summed E-state index contributed by atoms with van der Waals surface area (Å²) >= 11 is 6.46. The Kier molecular flexibility index (Phi) is 10.4. The van der Waals surface area contributed by atoms with E-state index in [1.807, 2.05) is 0 Å². The highest BCUT2D eigenvalue weighted by Gasteiger charge is 2.34. The van der Waals surface area contributed by atoms with Gasteiger partial charge in [-0.25, -0.2) is 13.4 Å². The summed E-state index contributed by atoms with van der Waals surface area (Å²) in [6.07, 6.45) is 3.60. The van der Waals surface area contributed by atoms with Gasteiger partial charge in [0, 0.05) is 76.5 Å². The molecule has 51 heavy (non-hydrogen) atoms. The van der Waals surface area contributed by atoms with E-state index in [1.165, 1.54) is 37.8 Å². The Morgan fingerprint density at radius 1 is 1.02 bits per heavy atom. The van der Waals surface area contributed by atoms with Gasteiger partial charge in [-0.05, 0) is 43.7 Å². The van der Waals surface area contributed by atoms with E-state index < -0.39 is 22.1 Å². The van der Waals surface area contributed by atoms with E-state index in [0.29, 0.717) is 41.4 Å². The van der Waals surface area contributed by atoms with E-state index in [9.17, 15) is 21.6 Å². The topological polar surface area (TPSA) is 132 Å². The zero-order chi connectivity index (χ0) is 36.5. The molecule has 0 unspecified atom stereocenters. The van der Waals surface area contributed by atoms with Crippen LogP contribution in [0.4, 0.5) is 47.7 Å². The number of piperazine rings is 1. The third kappa shape index (κ3) is 8.38. The second kappa shape index (κ2) is 14.7. The average molecular weight is 747 g/mol. The molecule has 0 atom stereocenters. The second-order valence-corrected chi connectivity index (χ2v) is 14.9. The molecule has 2 N–H and O–H groups in total. The Hall–Kier alpha value is -4.45. The Bertz CT molecular complexity index is 2020. The van der Waals surface area contributed by atoms with Crippen molar-refractivity contribution in [1.82, 2.24) is 29.7 Å². The Labute approximate surface area is 299 Å². The molecule has 0 aliphatic carbocycles. The van der Waals surface area contributed by atoms with E-state index in [-0.39, 0.29) is 33.9 Å². The number of ether oxygens (including phenoxy) is 1. The number of halogens is 4. The van der Waals surface area contributed by atoms with Crippen molar-refractivity contribution >= 4 is 73.2 Å². The van der Waals surface area contributed by atoms with Gasteiger partial charge < -0.3 is 25.2 Å². The first kappa shape index (κ1) is 36.3. The van der Waals surface area contributed by atoms with Crippen molar-refractivity contribution in [1.29, 1.82) is 0 Å². The van der Waals surface area contributed by atoms with Crippen LogP contribution in [0.3, 0.4) is 0 Å². The Morgan fingerprint density at radius 3 is 2.39 bits per heavy atom. The summed E-state index contributed by atoms with van der Waals surface area (Å²) in [5, 5.41) is 5.94. The molecule has 2 aliphatic rings. The summed E-state index contributed by atoms with van der Waals surface area (Å²) in [7, 11) is -0.254. The van der Waals surface area contributed by atoms with Crippen LogP contribution in [-0.4, -0.2) is 110 Å². The first-order valence-electron chi connectivity index (χ1n) is 16.2. The maximum absolute atomic E-state index is 13.8. The Morgan fingerprint density at radius 2 is 1.73 bits per heavy atom. The fourth-order valence-electron chi connectivity index (χ4n) is 6.36. The van der Waals surface area contributed by atoms with Gasteiger partial charge >= 0.3 is 6.36 Å². The van der Waals surface area contributed by atoms with Crippen LogP contribution >= 0.6 is 11.6 Å². The van der Waals surface area contributed by atoms with Crippen molar-refractivity contribution < 1.29 is 26.3 Å². The van der Waals surface area contributed by atoms with E-state index in [1.54, 1.807) is 18.2 Å². The molecule has 4 heterocycles. The van der Waals surface area contributed by atoms with Gasteiger partial charge in [0.25, 0.3) is 0 Å². The van der Waals surface area contributed by atoms with Gasteiger partial charge in [0.2, 0.25) is 16.0 Å². The van der Waals surface area contributed by atoms with Gasteiger partial charge in [0.1, 0.15) is 16.2 Å². The van der Waals surface area contributed by atoms with Gasteiger partial charge in [0.15, 0.2) is 11.6 Å². The second-order valence-electron chi connectivity index (χ2n) is 12.5. The van der Waals surface area contributed by atoms with Crippen molar-refractivity contribution in [3.05, 3.63) is 60.0 Å². The quantitative estimate of drug-likeness (QED) is 0.206. The van der Waals surface area contributed by atoms with Crippen LogP contribution in [0.25, 0.3) is 17.1 Å². The van der Waals surface area contributed by atoms with Crippen molar-refractivity contribution in [3.8, 4) is 5.75 Å². The molecule has 13 nitrogen and oxygen atoms in total. The van der Waals surface area contributed by atoms with Crippen LogP contribution in [-0.2, 0) is 10.0 Å². The first-order chi connectivity index (χ1) is 24.2. The predicted octanol–water partition coefficient (Wildman–Crippen LogP) is 5.71. The highest BCUT2D eigenvalue weighted by molar-refractivity contribution is 7.92. The number of nitrogens with zero attached hydrogens (tertiary/aromatic N) is 8. The van der Waals surface area contributed by atoms with Crippen LogP contribution in [0.2, 0.25) is 5.02 Å². The molecular weight excluding hydrogens is 709 g/mol. The van der Waals surface area contributed by atoms with E-state index in [0.717, 1.165) is 49.6 Å². The summed E-state index contributed by atoms with van der Waals surface area (Å²) in [4.78, 5) is 24.1. The van der Waals surface area contributed by atoms with Crippen LogP contribution in [0.5, 0.6) is 5.75 Å². The molecule has 2 fully saturated rings. The minimum absolute atomic E-state index is 0.0441. The molecule has 4 aromatic rings. The number of sulfonamides is 1. The minimum atomic E-state index is -4.98. The largest absolute Gasteiger partial charge is 0.573 e. The fraction of sp³-hybridized carbons (Fsp3) is 0.394. The van der Waals surface area contributed by atoms with E-state index in [4.69, 9.17) is 11.6 Å². The molecule has 272 valence electrons. The SMILES string of the molecule is C=Cc1cc(Nc2ncc(Cl)c(Nc3ccc4nccnc4c3N(C)S(C)(=O)=O)n2)c(OC(F)(F)F)cc1N1CCC(N2CCN(C)CC2)CC1. The summed E-state index contributed by atoms with van der Waals surface area (Å²) < 4.78 is 72.0. The van der Waals surface area contributed by atoms with Crippen molar-refractivity contribution in [2.45, 2.75) is 25.2 Å². The molecule has 2 aliphatic heterocycles. The van der Waals surface area contributed by atoms with Gasteiger partial charge in [-0.2, -0.15) is 4.98 Å². The molecule has 0 radical (unpaired) electrons. The maximum atomic E-state index is 13.8. The van der Waals surface area contributed by atoms with Crippen molar-refractivity contribution in [2.75, 3.05) is 79.5 Å². The molecule has 0 saturated carbocycles. The maximum Gasteiger partial charge on any atom is 0.573 e. The number of aromatic nitrogens is 4. The third-order valence-corrected chi connectivity index (χ3v) is 10.6. The predicted molar refractivity (Wildman–Crippen MR) is 194 cm³/mol. The number of anilines is 6. The summed E-state index contributed by atoms with van der Waals surface area (Å²) in [6.45, 7) is 9.30. The molecule has 0 bridgehead atoms. The molecule has 6 rings (SSSR count). The Balaban J connectivity index is 1.29. The van der Waals surface area contributed by atoms with Crippen LogP contribution in [0, 0.1) is 0 Å². The lowest BCUT2D eigenvalue weighted by molar-refractivity contribution is -0.274. The summed E-state index contributed by atoms with van der Waals surface area (Å²) in [6, 6.07) is 6.54. The van der Waals surface area contributed by atoms with E-state index >= 15 is 0 Å². The lowest BCUT2D eigenvalue weighted by Crippen LogP contribution is -2.52. The molecule has 2 aromatic carbocycles. The van der Waals surface area contributed by atoms with Gasteiger partial charge in [0.05, 0.1) is 29.3 Å². The number of benzene rings is 2.